The number of carbonyl (C=O) groups is 1. The maximum absolute atomic E-state index is 12.1. The second-order valence-corrected chi connectivity index (χ2v) is 6.06. The first-order valence-electron chi connectivity index (χ1n) is 8.26. The van der Waals surface area contributed by atoms with Crippen molar-refractivity contribution in [3.05, 3.63) is 0 Å². The van der Waals surface area contributed by atoms with Crippen LogP contribution in [-0.2, 0) is 9.53 Å². The maximum Gasteiger partial charge on any atom is 0.234 e. The molecule has 2 aliphatic rings. The van der Waals surface area contributed by atoms with Gasteiger partial charge < -0.3 is 15.8 Å². The summed E-state index contributed by atoms with van der Waals surface area (Å²) in [5.74, 6) is 0.154. The fourth-order valence-corrected chi connectivity index (χ4v) is 3.18. The molecule has 1 amide bonds. The van der Waals surface area contributed by atoms with Crippen molar-refractivity contribution in [1.82, 2.24) is 15.1 Å². The number of rotatable bonds is 6. The first-order chi connectivity index (χ1) is 10.2. The highest BCUT2D eigenvalue weighted by molar-refractivity contribution is 5.78. The van der Waals surface area contributed by atoms with E-state index in [0.717, 1.165) is 65.2 Å². The van der Waals surface area contributed by atoms with E-state index in [4.69, 9.17) is 10.5 Å². The van der Waals surface area contributed by atoms with Gasteiger partial charge in [-0.05, 0) is 19.3 Å². The quantitative estimate of drug-likeness (QED) is 0.700. The van der Waals surface area contributed by atoms with Gasteiger partial charge in [-0.1, -0.05) is 6.92 Å². The van der Waals surface area contributed by atoms with Gasteiger partial charge in [-0.3, -0.25) is 14.6 Å². The van der Waals surface area contributed by atoms with E-state index >= 15 is 0 Å². The number of amides is 1. The molecule has 0 bridgehead atoms. The van der Waals surface area contributed by atoms with Crippen LogP contribution in [0, 0.1) is 0 Å². The molecule has 6 heteroatoms. The zero-order valence-corrected chi connectivity index (χ0v) is 13.2. The van der Waals surface area contributed by atoms with Crippen molar-refractivity contribution < 1.29 is 9.53 Å². The molecule has 2 aliphatic heterocycles. The molecule has 3 N–H and O–H groups in total. The Labute approximate surface area is 128 Å². The summed E-state index contributed by atoms with van der Waals surface area (Å²) >= 11 is 0. The Morgan fingerprint density at radius 3 is 2.52 bits per heavy atom. The summed E-state index contributed by atoms with van der Waals surface area (Å²) < 4.78 is 5.31. The van der Waals surface area contributed by atoms with Crippen LogP contribution in [0.5, 0.6) is 0 Å². The molecule has 2 rings (SSSR count). The summed E-state index contributed by atoms with van der Waals surface area (Å²) in [7, 11) is 0. The first kappa shape index (κ1) is 16.7. The highest BCUT2D eigenvalue weighted by Crippen LogP contribution is 2.09. The molecule has 21 heavy (non-hydrogen) atoms. The number of ether oxygens (including phenoxy) is 1. The predicted molar refractivity (Wildman–Crippen MR) is 83.1 cm³/mol. The van der Waals surface area contributed by atoms with E-state index in [1.165, 1.54) is 0 Å². The van der Waals surface area contributed by atoms with Crippen LogP contribution < -0.4 is 11.1 Å². The summed E-state index contributed by atoms with van der Waals surface area (Å²) in [6, 6.07) is 0.789. The maximum atomic E-state index is 12.1. The van der Waals surface area contributed by atoms with E-state index in [1.807, 2.05) is 0 Å². The van der Waals surface area contributed by atoms with Gasteiger partial charge in [-0.25, -0.2) is 0 Å². The summed E-state index contributed by atoms with van der Waals surface area (Å²) in [6.45, 7) is 8.90. The Bertz CT molecular complexity index is 309. The molecular formula is C15H30N4O2. The minimum Gasteiger partial charge on any atom is -0.381 e. The lowest BCUT2D eigenvalue weighted by atomic mass is 10.1. The lowest BCUT2D eigenvalue weighted by Gasteiger charge is -2.38. The van der Waals surface area contributed by atoms with Crippen molar-refractivity contribution in [1.29, 1.82) is 0 Å². The number of carbonyl (C=O) groups excluding carboxylic acids is 1. The SMILES string of the molecule is CCC(CN)N1CCN(CC(=O)NC2CCOCC2)CC1. The van der Waals surface area contributed by atoms with Crippen molar-refractivity contribution >= 4 is 5.91 Å². The largest absolute Gasteiger partial charge is 0.381 e. The van der Waals surface area contributed by atoms with Crippen LogP contribution in [-0.4, -0.2) is 80.3 Å². The number of piperazine rings is 1. The van der Waals surface area contributed by atoms with Gasteiger partial charge in [0.25, 0.3) is 0 Å². The van der Waals surface area contributed by atoms with Crippen molar-refractivity contribution in [2.75, 3.05) is 52.5 Å². The van der Waals surface area contributed by atoms with Crippen LogP contribution >= 0.6 is 0 Å². The normalized spacial score (nSPS) is 23.9. The molecule has 0 aromatic carbocycles. The third kappa shape index (κ3) is 5.21. The van der Waals surface area contributed by atoms with E-state index in [9.17, 15) is 4.79 Å². The van der Waals surface area contributed by atoms with Gasteiger partial charge in [-0.2, -0.15) is 0 Å². The van der Waals surface area contributed by atoms with Gasteiger partial charge in [0.15, 0.2) is 0 Å². The topological polar surface area (TPSA) is 70.8 Å². The van der Waals surface area contributed by atoms with Gasteiger partial charge >= 0.3 is 0 Å². The van der Waals surface area contributed by atoms with Crippen LogP contribution in [0.25, 0.3) is 0 Å². The van der Waals surface area contributed by atoms with Crippen molar-refractivity contribution in [3.63, 3.8) is 0 Å². The van der Waals surface area contributed by atoms with Crippen molar-refractivity contribution in [2.24, 2.45) is 5.73 Å². The third-order valence-corrected chi connectivity index (χ3v) is 4.62. The molecule has 6 nitrogen and oxygen atoms in total. The number of nitrogens with zero attached hydrogens (tertiary/aromatic N) is 2. The van der Waals surface area contributed by atoms with E-state index in [1.54, 1.807) is 0 Å². The molecule has 0 radical (unpaired) electrons. The van der Waals surface area contributed by atoms with E-state index in [2.05, 4.69) is 22.0 Å². The fourth-order valence-electron chi connectivity index (χ4n) is 3.18. The smallest absolute Gasteiger partial charge is 0.234 e. The number of hydrogen-bond acceptors (Lipinski definition) is 5. The summed E-state index contributed by atoms with van der Waals surface area (Å²) in [5.41, 5.74) is 5.80. The van der Waals surface area contributed by atoms with Gasteiger partial charge in [0, 0.05) is 58.0 Å². The summed E-state index contributed by atoms with van der Waals surface area (Å²) in [5, 5.41) is 3.13. The van der Waals surface area contributed by atoms with E-state index in [0.29, 0.717) is 18.6 Å². The fraction of sp³-hybridized carbons (Fsp3) is 0.933. The van der Waals surface area contributed by atoms with Crippen LogP contribution in [0.2, 0.25) is 0 Å². The molecule has 122 valence electrons. The molecule has 2 heterocycles. The monoisotopic (exact) mass is 298 g/mol. The first-order valence-corrected chi connectivity index (χ1v) is 8.26. The molecule has 0 spiro atoms. The van der Waals surface area contributed by atoms with Crippen LogP contribution in [0.1, 0.15) is 26.2 Å². The average molecular weight is 298 g/mol. The molecular weight excluding hydrogens is 268 g/mol. The molecule has 0 saturated carbocycles. The van der Waals surface area contributed by atoms with Crippen molar-refractivity contribution in [3.8, 4) is 0 Å². The molecule has 1 atom stereocenters. The van der Waals surface area contributed by atoms with Gasteiger partial charge in [0.1, 0.15) is 0 Å². The lowest BCUT2D eigenvalue weighted by molar-refractivity contribution is -0.124. The van der Waals surface area contributed by atoms with Gasteiger partial charge in [0.05, 0.1) is 6.54 Å². The van der Waals surface area contributed by atoms with E-state index in [-0.39, 0.29) is 5.91 Å². The minimum absolute atomic E-state index is 0.154. The average Bonchev–Trinajstić information content (AvgIpc) is 2.51. The van der Waals surface area contributed by atoms with Crippen LogP contribution in [0.15, 0.2) is 0 Å². The van der Waals surface area contributed by atoms with Crippen LogP contribution in [0.4, 0.5) is 0 Å². The standard InChI is InChI=1S/C15H30N4O2/c1-2-14(11-16)19-7-5-18(6-8-19)12-15(20)17-13-3-9-21-10-4-13/h13-14H,2-12,16H2,1H3,(H,17,20). The third-order valence-electron chi connectivity index (χ3n) is 4.62. The Morgan fingerprint density at radius 2 is 1.95 bits per heavy atom. The molecule has 0 aliphatic carbocycles. The zero-order chi connectivity index (χ0) is 15.1. The van der Waals surface area contributed by atoms with Gasteiger partial charge in [-0.15, -0.1) is 0 Å². The predicted octanol–water partition coefficient (Wildman–Crippen LogP) is -0.363. The number of hydrogen-bond donors (Lipinski definition) is 2. The zero-order valence-electron chi connectivity index (χ0n) is 13.2. The Kier molecular flexibility index (Phi) is 6.89. The summed E-state index contributed by atoms with van der Waals surface area (Å²) in [6.07, 6.45) is 2.98. The Balaban J connectivity index is 1.66. The number of nitrogens with two attached hydrogens (primary N) is 1. The second kappa shape index (κ2) is 8.68. The molecule has 2 saturated heterocycles. The van der Waals surface area contributed by atoms with Crippen molar-refractivity contribution in [2.45, 2.75) is 38.3 Å². The molecule has 1 unspecified atom stereocenters. The lowest BCUT2D eigenvalue weighted by Crippen LogP contribution is -2.54. The second-order valence-electron chi connectivity index (χ2n) is 6.06. The molecule has 0 aromatic heterocycles. The minimum atomic E-state index is 0.154. The highest BCUT2D eigenvalue weighted by Gasteiger charge is 2.24. The van der Waals surface area contributed by atoms with E-state index < -0.39 is 0 Å². The van der Waals surface area contributed by atoms with Crippen LogP contribution in [0.3, 0.4) is 0 Å². The van der Waals surface area contributed by atoms with Gasteiger partial charge in [0.2, 0.25) is 5.91 Å². The molecule has 2 fully saturated rings. The summed E-state index contributed by atoms with van der Waals surface area (Å²) in [4.78, 5) is 16.8. The highest BCUT2D eigenvalue weighted by atomic mass is 16.5. The Hall–Kier alpha value is -0.690. The number of nitrogens with one attached hydrogen (secondary N) is 1. The Morgan fingerprint density at radius 1 is 1.29 bits per heavy atom. The molecule has 0 aromatic rings.